The first-order chi connectivity index (χ1) is 14.5. The van der Waals surface area contributed by atoms with Crippen molar-refractivity contribution in [1.82, 2.24) is 15.1 Å². The van der Waals surface area contributed by atoms with Gasteiger partial charge in [0.05, 0.1) is 16.4 Å². The van der Waals surface area contributed by atoms with E-state index >= 15 is 0 Å². The lowest BCUT2D eigenvalue weighted by Gasteiger charge is -2.35. The molecule has 4 rings (SSSR count). The number of hydrogen-bond acceptors (Lipinski definition) is 4. The summed E-state index contributed by atoms with van der Waals surface area (Å²) in [6.45, 7) is 1.98. The number of hydrogen-bond donors (Lipinski definition) is 1. The fraction of sp³-hybridized carbons (Fsp3) is 0.190. The summed E-state index contributed by atoms with van der Waals surface area (Å²) in [5.41, 5.74) is 1.45. The Bertz CT molecular complexity index is 1060. The molecule has 0 aliphatic carbocycles. The number of nitrogens with one attached hydrogen (secondary N) is 1. The Morgan fingerprint density at radius 1 is 0.967 bits per heavy atom. The number of carbonyl (C=O) groups excluding carboxylic acids is 1. The lowest BCUT2D eigenvalue weighted by molar-refractivity contribution is 0.208. The molecule has 2 amide bonds. The van der Waals surface area contributed by atoms with Gasteiger partial charge in [0.25, 0.3) is 0 Å². The highest BCUT2D eigenvalue weighted by atomic mass is 35.5. The van der Waals surface area contributed by atoms with Crippen molar-refractivity contribution < 1.29 is 13.6 Å². The molecule has 1 saturated heterocycles. The third-order valence-electron chi connectivity index (χ3n) is 4.86. The van der Waals surface area contributed by atoms with Gasteiger partial charge in [-0.05, 0) is 30.3 Å². The molecule has 0 atom stereocenters. The number of rotatable bonds is 3. The van der Waals surface area contributed by atoms with Crippen LogP contribution >= 0.6 is 11.6 Å². The van der Waals surface area contributed by atoms with Gasteiger partial charge in [0, 0.05) is 37.8 Å². The normalized spacial score (nSPS) is 14.0. The van der Waals surface area contributed by atoms with Crippen molar-refractivity contribution >= 4 is 29.1 Å². The van der Waals surface area contributed by atoms with E-state index in [0.29, 0.717) is 42.7 Å². The van der Waals surface area contributed by atoms with Crippen LogP contribution in [0.5, 0.6) is 0 Å². The van der Waals surface area contributed by atoms with Crippen molar-refractivity contribution in [2.75, 3.05) is 36.4 Å². The SMILES string of the molecule is O=C(Nc1ccc(F)cc1F)N1CCN(c2ccc(-c3ccccc3Cl)nn2)CC1. The van der Waals surface area contributed by atoms with E-state index in [0.717, 1.165) is 17.7 Å². The van der Waals surface area contributed by atoms with Crippen LogP contribution in [0, 0.1) is 11.6 Å². The summed E-state index contributed by atoms with van der Waals surface area (Å²) in [5.74, 6) is -0.799. The molecular formula is C21H18ClF2N5O. The molecule has 0 spiro atoms. The van der Waals surface area contributed by atoms with Crippen molar-refractivity contribution in [3.8, 4) is 11.3 Å². The van der Waals surface area contributed by atoms with Crippen LogP contribution in [-0.4, -0.2) is 47.3 Å². The van der Waals surface area contributed by atoms with Crippen molar-refractivity contribution in [3.63, 3.8) is 0 Å². The van der Waals surface area contributed by atoms with Gasteiger partial charge in [0.2, 0.25) is 0 Å². The van der Waals surface area contributed by atoms with Gasteiger partial charge in [-0.1, -0.05) is 29.8 Å². The molecule has 1 aliphatic heterocycles. The molecule has 1 N–H and O–H groups in total. The zero-order chi connectivity index (χ0) is 21.1. The summed E-state index contributed by atoms with van der Waals surface area (Å²) < 4.78 is 26.7. The number of benzene rings is 2. The predicted octanol–water partition coefficient (Wildman–Crippen LogP) is 4.43. The highest BCUT2D eigenvalue weighted by Crippen LogP contribution is 2.26. The Morgan fingerprint density at radius 2 is 1.73 bits per heavy atom. The molecule has 0 radical (unpaired) electrons. The van der Waals surface area contributed by atoms with E-state index in [9.17, 15) is 13.6 Å². The molecule has 0 bridgehead atoms. The van der Waals surface area contributed by atoms with E-state index in [1.807, 2.05) is 35.2 Å². The molecule has 0 unspecified atom stereocenters. The summed E-state index contributed by atoms with van der Waals surface area (Å²) in [6.07, 6.45) is 0. The van der Waals surface area contributed by atoms with Crippen LogP contribution in [0.4, 0.5) is 25.1 Å². The maximum atomic E-state index is 13.7. The molecular weight excluding hydrogens is 412 g/mol. The topological polar surface area (TPSA) is 61.4 Å². The van der Waals surface area contributed by atoms with Crippen LogP contribution in [0.2, 0.25) is 5.02 Å². The average Bonchev–Trinajstić information content (AvgIpc) is 2.76. The minimum absolute atomic E-state index is 0.0511. The van der Waals surface area contributed by atoms with Gasteiger partial charge in [0.15, 0.2) is 5.82 Å². The fourth-order valence-corrected chi connectivity index (χ4v) is 3.46. The van der Waals surface area contributed by atoms with E-state index < -0.39 is 17.7 Å². The second-order valence-electron chi connectivity index (χ2n) is 6.79. The van der Waals surface area contributed by atoms with Crippen LogP contribution in [0.25, 0.3) is 11.3 Å². The summed E-state index contributed by atoms with van der Waals surface area (Å²) in [5, 5.41) is 11.6. The third kappa shape index (κ3) is 4.33. The second-order valence-corrected chi connectivity index (χ2v) is 7.19. The van der Waals surface area contributed by atoms with Gasteiger partial charge in [-0.15, -0.1) is 10.2 Å². The molecule has 1 fully saturated rings. The van der Waals surface area contributed by atoms with Gasteiger partial charge < -0.3 is 15.1 Å². The lowest BCUT2D eigenvalue weighted by atomic mass is 10.1. The molecule has 0 saturated carbocycles. The molecule has 6 nitrogen and oxygen atoms in total. The smallest absolute Gasteiger partial charge is 0.322 e. The maximum absolute atomic E-state index is 13.7. The summed E-state index contributed by atoms with van der Waals surface area (Å²) >= 11 is 6.20. The minimum atomic E-state index is -0.809. The van der Waals surface area contributed by atoms with Gasteiger partial charge in [0.1, 0.15) is 11.6 Å². The summed E-state index contributed by atoms with van der Waals surface area (Å²) in [4.78, 5) is 16.0. The molecule has 3 aromatic rings. The lowest BCUT2D eigenvalue weighted by Crippen LogP contribution is -2.50. The van der Waals surface area contributed by atoms with E-state index in [-0.39, 0.29) is 5.69 Å². The number of nitrogens with zero attached hydrogens (tertiary/aromatic N) is 4. The molecule has 2 heterocycles. The van der Waals surface area contributed by atoms with Crippen LogP contribution < -0.4 is 10.2 Å². The number of halogens is 3. The zero-order valence-electron chi connectivity index (χ0n) is 15.9. The van der Waals surface area contributed by atoms with E-state index in [4.69, 9.17) is 11.6 Å². The second kappa shape index (κ2) is 8.62. The van der Waals surface area contributed by atoms with Crippen LogP contribution in [-0.2, 0) is 0 Å². The highest BCUT2D eigenvalue weighted by Gasteiger charge is 2.23. The van der Waals surface area contributed by atoms with E-state index in [1.165, 1.54) is 6.07 Å². The van der Waals surface area contributed by atoms with E-state index in [2.05, 4.69) is 15.5 Å². The quantitative estimate of drug-likeness (QED) is 0.669. The number of anilines is 2. The number of amides is 2. The zero-order valence-corrected chi connectivity index (χ0v) is 16.6. The average molecular weight is 430 g/mol. The maximum Gasteiger partial charge on any atom is 0.322 e. The van der Waals surface area contributed by atoms with Gasteiger partial charge in [-0.3, -0.25) is 0 Å². The molecule has 1 aliphatic rings. The number of aromatic nitrogens is 2. The van der Waals surface area contributed by atoms with Gasteiger partial charge in [-0.25, -0.2) is 13.6 Å². The van der Waals surface area contributed by atoms with Crippen molar-refractivity contribution in [1.29, 1.82) is 0 Å². The van der Waals surface area contributed by atoms with Gasteiger partial charge >= 0.3 is 6.03 Å². The molecule has 9 heteroatoms. The highest BCUT2D eigenvalue weighted by molar-refractivity contribution is 6.33. The first kappa shape index (κ1) is 20.0. The van der Waals surface area contributed by atoms with Crippen LogP contribution in [0.15, 0.2) is 54.6 Å². The van der Waals surface area contributed by atoms with Crippen molar-refractivity contribution in [2.24, 2.45) is 0 Å². The largest absolute Gasteiger partial charge is 0.352 e. The monoisotopic (exact) mass is 429 g/mol. The Hall–Kier alpha value is -3.26. The molecule has 30 heavy (non-hydrogen) atoms. The van der Waals surface area contributed by atoms with E-state index in [1.54, 1.807) is 11.0 Å². The Balaban J connectivity index is 1.36. The Labute approximate surface area is 177 Å². The first-order valence-corrected chi connectivity index (χ1v) is 9.73. The Morgan fingerprint density at radius 3 is 2.40 bits per heavy atom. The summed E-state index contributed by atoms with van der Waals surface area (Å²) in [6, 6.07) is 13.8. The van der Waals surface area contributed by atoms with Crippen LogP contribution in [0.1, 0.15) is 0 Å². The molecule has 2 aromatic carbocycles. The molecule has 1 aromatic heterocycles. The Kier molecular flexibility index (Phi) is 5.76. The first-order valence-electron chi connectivity index (χ1n) is 9.36. The number of carbonyl (C=O) groups is 1. The predicted molar refractivity (Wildman–Crippen MR) is 112 cm³/mol. The standard InChI is InChI=1S/C21H18ClF2N5O/c22-16-4-2-1-3-15(16)18-7-8-20(27-26-18)28-9-11-29(12-10-28)21(30)25-19-6-5-14(23)13-17(19)24/h1-8,13H,9-12H2,(H,25,30). The number of piperazine rings is 1. The van der Waals surface area contributed by atoms with Gasteiger partial charge in [-0.2, -0.15) is 0 Å². The third-order valence-corrected chi connectivity index (χ3v) is 5.19. The number of urea groups is 1. The van der Waals surface area contributed by atoms with Crippen molar-refractivity contribution in [3.05, 3.63) is 71.3 Å². The van der Waals surface area contributed by atoms with Crippen molar-refractivity contribution in [2.45, 2.75) is 0 Å². The van der Waals surface area contributed by atoms with Crippen LogP contribution in [0.3, 0.4) is 0 Å². The molecule has 154 valence electrons. The summed E-state index contributed by atoms with van der Waals surface area (Å²) in [7, 11) is 0. The minimum Gasteiger partial charge on any atom is -0.352 e. The fourth-order valence-electron chi connectivity index (χ4n) is 3.23.